The molecule has 124 valence electrons. The average Bonchev–Trinajstić information content (AvgIpc) is 3.18. The summed E-state index contributed by atoms with van der Waals surface area (Å²) >= 11 is 1.44. The maximum Gasteiger partial charge on any atom is 0.279 e. The number of benzene rings is 2. The smallest absolute Gasteiger partial charge is 0.279 e. The van der Waals surface area contributed by atoms with Gasteiger partial charge >= 0.3 is 0 Å². The predicted molar refractivity (Wildman–Crippen MR) is 99.0 cm³/mol. The molecule has 0 radical (unpaired) electrons. The number of aryl methyl sites for hydroxylation is 2. The molecule has 4 aromatic rings. The van der Waals surface area contributed by atoms with E-state index in [0.29, 0.717) is 16.8 Å². The molecule has 0 fully saturated rings. The minimum absolute atomic E-state index is 0.272. The first-order valence-electron chi connectivity index (χ1n) is 7.81. The monoisotopic (exact) mass is 349 g/mol. The van der Waals surface area contributed by atoms with Crippen molar-refractivity contribution < 1.29 is 9.21 Å². The lowest BCUT2D eigenvalue weighted by Crippen LogP contribution is -2.13. The Bertz CT molecular complexity index is 1070. The summed E-state index contributed by atoms with van der Waals surface area (Å²) in [7, 11) is 0. The number of amides is 1. The second-order valence-corrected chi connectivity index (χ2v) is 6.76. The molecule has 6 heteroatoms. The van der Waals surface area contributed by atoms with Crippen molar-refractivity contribution in [2.75, 3.05) is 5.32 Å². The van der Waals surface area contributed by atoms with Crippen LogP contribution in [0.25, 0.3) is 21.7 Å². The highest BCUT2D eigenvalue weighted by Crippen LogP contribution is 2.28. The topological polar surface area (TPSA) is 68.0 Å². The van der Waals surface area contributed by atoms with E-state index >= 15 is 0 Å². The van der Waals surface area contributed by atoms with Gasteiger partial charge in [-0.3, -0.25) is 10.1 Å². The molecule has 0 aliphatic carbocycles. The van der Waals surface area contributed by atoms with E-state index in [1.807, 2.05) is 49.4 Å². The average molecular weight is 349 g/mol. The molecular formula is C19H15N3O2S. The minimum atomic E-state index is -0.320. The summed E-state index contributed by atoms with van der Waals surface area (Å²) in [6.45, 7) is 3.76. The Balaban J connectivity index is 1.61. The zero-order valence-corrected chi connectivity index (χ0v) is 14.6. The van der Waals surface area contributed by atoms with Gasteiger partial charge in [-0.25, -0.2) is 9.97 Å². The van der Waals surface area contributed by atoms with Gasteiger partial charge in [0.25, 0.3) is 5.91 Å². The van der Waals surface area contributed by atoms with Gasteiger partial charge in [0.1, 0.15) is 5.76 Å². The van der Waals surface area contributed by atoms with E-state index in [1.54, 1.807) is 6.92 Å². The quantitative estimate of drug-likeness (QED) is 0.576. The lowest BCUT2D eigenvalue weighted by atomic mass is 10.2. The zero-order valence-electron chi connectivity index (χ0n) is 13.7. The third-order valence-electron chi connectivity index (χ3n) is 3.80. The Morgan fingerprint density at radius 2 is 1.88 bits per heavy atom. The lowest BCUT2D eigenvalue weighted by Gasteiger charge is -1.97. The van der Waals surface area contributed by atoms with Crippen LogP contribution in [0.4, 0.5) is 5.13 Å². The van der Waals surface area contributed by atoms with Crippen molar-refractivity contribution in [3.05, 3.63) is 65.5 Å². The first-order valence-corrected chi connectivity index (χ1v) is 8.63. The first-order chi connectivity index (χ1) is 12.1. The molecule has 2 aromatic carbocycles. The zero-order chi connectivity index (χ0) is 17.4. The molecule has 0 saturated carbocycles. The number of hydrogen-bond acceptors (Lipinski definition) is 5. The molecule has 1 amide bonds. The molecule has 0 spiro atoms. The summed E-state index contributed by atoms with van der Waals surface area (Å²) in [4.78, 5) is 21.3. The number of rotatable bonds is 3. The van der Waals surface area contributed by atoms with Crippen LogP contribution in [0.1, 0.15) is 21.8 Å². The summed E-state index contributed by atoms with van der Waals surface area (Å²) in [5.74, 6) is 0.593. The molecule has 0 unspecified atom stereocenters. The van der Waals surface area contributed by atoms with Gasteiger partial charge in [0, 0.05) is 5.56 Å². The van der Waals surface area contributed by atoms with Gasteiger partial charge in [-0.2, -0.15) is 0 Å². The molecule has 0 bridgehead atoms. The van der Waals surface area contributed by atoms with Crippen LogP contribution in [-0.4, -0.2) is 15.9 Å². The molecule has 1 N–H and O–H groups in total. The summed E-state index contributed by atoms with van der Waals surface area (Å²) < 4.78 is 6.68. The third kappa shape index (κ3) is 3.04. The minimum Gasteiger partial charge on any atom is -0.441 e. The SMILES string of the molecule is Cc1ccc2nc(NC(=O)c3nc(-c4ccccc4)oc3C)sc2c1. The van der Waals surface area contributed by atoms with Crippen LogP contribution in [-0.2, 0) is 0 Å². The van der Waals surface area contributed by atoms with Gasteiger partial charge < -0.3 is 4.42 Å². The second kappa shape index (κ2) is 6.14. The van der Waals surface area contributed by atoms with Gasteiger partial charge in [-0.05, 0) is 43.7 Å². The number of hydrogen-bond donors (Lipinski definition) is 1. The fourth-order valence-corrected chi connectivity index (χ4v) is 3.51. The van der Waals surface area contributed by atoms with Crippen molar-refractivity contribution in [3.63, 3.8) is 0 Å². The Kier molecular flexibility index (Phi) is 3.82. The summed E-state index contributed by atoms with van der Waals surface area (Å²) in [6, 6.07) is 15.5. The van der Waals surface area contributed by atoms with Crippen LogP contribution in [0.5, 0.6) is 0 Å². The van der Waals surface area contributed by atoms with E-state index in [1.165, 1.54) is 11.3 Å². The molecule has 2 aromatic heterocycles. The van der Waals surface area contributed by atoms with Crippen molar-refractivity contribution >= 4 is 32.6 Å². The Hall–Kier alpha value is -2.99. The van der Waals surface area contributed by atoms with E-state index in [2.05, 4.69) is 21.4 Å². The van der Waals surface area contributed by atoms with Crippen molar-refractivity contribution in [1.29, 1.82) is 0 Å². The molecule has 0 aliphatic rings. The van der Waals surface area contributed by atoms with Gasteiger partial charge in [0.2, 0.25) is 5.89 Å². The van der Waals surface area contributed by atoms with Crippen LogP contribution in [0.15, 0.2) is 52.9 Å². The lowest BCUT2D eigenvalue weighted by molar-refractivity contribution is 0.102. The first kappa shape index (κ1) is 15.5. The molecule has 4 rings (SSSR count). The standard InChI is InChI=1S/C19H15N3O2S/c1-11-8-9-14-15(10-11)25-19(20-14)22-17(23)16-12(2)24-18(21-16)13-6-4-3-5-7-13/h3-10H,1-2H3,(H,20,22,23). The van der Waals surface area contributed by atoms with E-state index in [-0.39, 0.29) is 11.6 Å². The van der Waals surface area contributed by atoms with Gasteiger partial charge in [-0.15, -0.1) is 0 Å². The molecule has 25 heavy (non-hydrogen) atoms. The van der Waals surface area contributed by atoms with Crippen molar-refractivity contribution in [3.8, 4) is 11.5 Å². The van der Waals surface area contributed by atoms with Crippen molar-refractivity contribution in [1.82, 2.24) is 9.97 Å². The number of carbonyl (C=O) groups excluding carboxylic acids is 1. The number of fused-ring (bicyclic) bond motifs is 1. The fraction of sp³-hybridized carbons (Fsp3) is 0.105. The van der Waals surface area contributed by atoms with Crippen LogP contribution < -0.4 is 5.32 Å². The van der Waals surface area contributed by atoms with E-state index < -0.39 is 0 Å². The second-order valence-electron chi connectivity index (χ2n) is 5.73. The van der Waals surface area contributed by atoms with E-state index in [9.17, 15) is 4.79 Å². The Morgan fingerprint density at radius 1 is 1.08 bits per heavy atom. The normalized spacial score (nSPS) is 11.0. The van der Waals surface area contributed by atoms with Crippen LogP contribution >= 0.6 is 11.3 Å². The highest BCUT2D eigenvalue weighted by atomic mass is 32.1. The number of aromatic nitrogens is 2. The molecule has 0 aliphatic heterocycles. The number of oxazole rings is 1. The maximum absolute atomic E-state index is 12.6. The highest BCUT2D eigenvalue weighted by Gasteiger charge is 2.19. The van der Waals surface area contributed by atoms with Gasteiger partial charge in [0.15, 0.2) is 10.8 Å². The largest absolute Gasteiger partial charge is 0.441 e. The number of carbonyl (C=O) groups is 1. The fourth-order valence-electron chi connectivity index (χ4n) is 2.55. The summed E-state index contributed by atoms with van der Waals surface area (Å²) in [6.07, 6.45) is 0. The maximum atomic E-state index is 12.6. The van der Waals surface area contributed by atoms with Crippen LogP contribution in [0.2, 0.25) is 0 Å². The van der Waals surface area contributed by atoms with Crippen molar-refractivity contribution in [2.45, 2.75) is 13.8 Å². The van der Waals surface area contributed by atoms with Gasteiger partial charge in [-0.1, -0.05) is 35.6 Å². The number of thiazole rings is 1. The Labute approximate surface area is 148 Å². The van der Waals surface area contributed by atoms with E-state index in [4.69, 9.17) is 4.42 Å². The van der Waals surface area contributed by atoms with Crippen molar-refractivity contribution in [2.24, 2.45) is 0 Å². The molecular weight excluding hydrogens is 334 g/mol. The van der Waals surface area contributed by atoms with Crippen LogP contribution in [0.3, 0.4) is 0 Å². The number of anilines is 1. The molecule has 5 nitrogen and oxygen atoms in total. The summed E-state index contributed by atoms with van der Waals surface area (Å²) in [5.41, 5.74) is 3.14. The van der Waals surface area contributed by atoms with Crippen LogP contribution in [0, 0.1) is 13.8 Å². The number of nitrogens with one attached hydrogen (secondary N) is 1. The molecule has 0 atom stereocenters. The summed E-state index contributed by atoms with van der Waals surface area (Å²) in [5, 5.41) is 3.37. The highest BCUT2D eigenvalue weighted by molar-refractivity contribution is 7.22. The molecule has 0 saturated heterocycles. The van der Waals surface area contributed by atoms with E-state index in [0.717, 1.165) is 21.3 Å². The molecule has 2 heterocycles. The van der Waals surface area contributed by atoms with Gasteiger partial charge in [0.05, 0.1) is 10.2 Å². The third-order valence-corrected chi connectivity index (χ3v) is 4.73. The Morgan fingerprint density at radius 3 is 2.68 bits per heavy atom. The predicted octanol–water partition coefficient (Wildman–Crippen LogP) is 4.82. The number of nitrogens with zero attached hydrogens (tertiary/aromatic N) is 2.